The Labute approximate surface area is 300 Å². The Hall–Kier alpha value is -6.25. The van der Waals surface area contributed by atoms with Crippen LogP contribution in [0.3, 0.4) is 0 Å². The van der Waals surface area contributed by atoms with Crippen LogP contribution in [0.15, 0.2) is 78.9 Å². The summed E-state index contributed by atoms with van der Waals surface area (Å²) in [7, 11) is 0. The molecule has 0 unspecified atom stereocenters. The van der Waals surface area contributed by atoms with Gasteiger partial charge >= 0.3 is 11.9 Å². The van der Waals surface area contributed by atoms with Crippen molar-refractivity contribution in [3.63, 3.8) is 0 Å². The number of carbonyl (C=O) groups excluding carboxylic acids is 6. The molecule has 0 aromatic heterocycles. The van der Waals surface area contributed by atoms with Crippen molar-refractivity contribution in [3.8, 4) is 11.5 Å². The minimum Gasteiger partial charge on any atom is -0.508 e. The molecular weight excluding hydrogens is 674 g/mol. The molecule has 0 aliphatic heterocycles. The lowest BCUT2D eigenvalue weighted by Gasteiger charge is -2.22. The zero-order valence-corrected chi connectivity index (χ0v) is 29.0. The van der Waals surface area contributed by atoms with Gasteiger partial charge < -0.3 is 41.5 Å². The molecule has 0 spiro atoms. The van der Waals surface area contributed by atoms with Gasteiger partial charge in [0.05, 0.1) is 18.7 Å². The second-order valence-electron chi connectivity index (χ2n) is 12.3. The normalized spacial score (nSPS) is 12.4. The molecule has 276 valence electrons. The fourth-order valence-electron chi connectivity index (χ4n) is 5.01. The number of ether oxygens (including phenoxy) is 1. The summed E-state index contributed by atoms with van der Waals surface area (Å²) in [6.07, 6.45) is 0.189. The third-order valence-corrected chi connectivity index (χ3v) is 7.51. The number of hydrogen-bond acceptors (Lipinski definition) is 9. The first-order chi connectivity index (χ1) is 24.7. The smallest absolute Gasteiger partial charge is 0.326 e. The molecule has 0 bridgehead atoms. The van der Waals surface area contributed by atoms with Gasteiger partial charge in [-0.15, -0.1) is 0 Å². The average Bonchev–Trinajstić information content (AvgIpc) is 3.09. The van der Waals surface area contributed by atoms with Crippen LogP contribution in [-0.2, 0) is 41.6 Å². The number of aliphatic carboxylic acids is 1. The fourth-order valence-corrected chi connectivity index (χ4v) is 5.01. The minimum atomic E-state index is -1.22. The van der Waals surface area contributed by atoms with Crippen LogP contribution in [0.2, 0.25) is 0 Å². The number of carboxylic acid groups (broad SMARTS) is 1. The van der Waals surface area contributed by atoms with Crippen LogP contribution < -0.4 is 31.3 Å². The lowest BCUT2D eigenvalue weighted by atomic mass is 10.0. The zero-order valence-electron chi connectivity index (χ0n) is 29.0. The number of hydrogen-bond donors (Lipinski definition) is 7. The van der Waals surface area contributed by atoms with Gasteiger partial charge in [-0.3, -0.25) is 28.8 Å². The molecule has 0 fully saturated rings. The van der Waals surface area contributed by atoms with Gasteiger partial charge in [-0.05, 0) is 47.7 Å². The number of nitrogens with one attached hydrogen (secondary N) is 5. The monoisotopic (exact) mass is 717 g/mol. The Morgan fingerprint density at radius 1 is 0.654 bits per heavy atom. The van der Waals surface area contributed by atoms with Crippen molar-refractivity contribution in [1.82, 2.24) is 26.6 Å². The first-order valence-corrected chi connectivity index (χ1v) is 16.5. The van der Waals surface area contributed by atoms with Gasteiger partial charge in [0.1, 0.15) is 29.6 Å². The van der Waals surface area contributed by atoms with Crippen molar-refractivity contribution < 1.29 is 48.5 Å². The standard InChI is InChI=1S/C37H43N5O10/c1-22(2)17-30(37(50)51)42-36(49)29(18-24-9-5-4-6-10-24)40-33(46)21-38-32(45)20-39-35(48)28(19-25-13-15-26(44)16-14-25)41-34(47)27-11-7-8-12-31(27)52-23(3)43/h4-16,22,28-30,44H,17-21H2,1-3H3,(H,38,45)(H,39,48)(H,40,46)(H,41,47)(H,42,49)(H,50,51)/t28-,29-,30-/m0/s1. The molecule has 0 heterocycles. The van der Waals surface area contributed by atoms with Crippen LogP contribution in [-0.4, -0.2) is 82.9 Å². The topological polar surface area (TPSA) is 229 Å². The van der Waals surface area contributed by atoms with E-state index in [1.54, 1.807) is 54.6 Å². The summed E-state index contributed by atoms with van der Waals surface area (Å²) in [4.78, 5) is 88.5. The maximum absolute atomic E-state index is 13.3. The molecule has 0 radical (unpaired) electrons. The summed E-state index contributed by atoms with van der Waals surface area (Å²) < 4.78 is 5.11. The van der Waals surface area contributed by atoms with E-state index >= 15 is 0 Å². The number of carbonyl (C=O) groups is 7. The lowest BCUT2D eigenvalue weighted by molar-refractivity contribution is -0.142. The number of phenolic OH excluding ortho intramolecular Hbond substituents is 1. The molecule has 52 heavy (non-hydrogen) atoms. The van der Waals surface area contributed by atoms with Crippen molar-refractivity contribution in [2.75, 3.05) is 13.1 Å². The third kappa shape index (κ3) is 13.6. The summed E-state index contributed by atoms with van der Waals surface area (Å²) >= 11 is 0. The van der Waals surface area contributed by atoms with Crippen molar-refractivity contribution in [1.29, 1.82) is 0 Å². The SMILES string of the molecule is CC(=O)Oc1ccccc1C(=O)N[C@@H](Cc1ccc(O)cc1)C(=O)NCC(=O)NCC(=O)N[C@@H](Cc1ccccc1)C(=O)N[C@@H](CC(C)C)C(=O)O. The van der Waals surface area contributed by atoms with Crippen molar-refractivity contribution >= 4 is 41.5 Å². The number of benzene rings is 3. The summed E-state index contributed by atoms with van der Waals surface area (Å²) in [5.41, 5.74) is 1.26. The molecule has 7 N–H and O–H groups in total. The van der Waals surface area contributed by atoms with E-state index < -0.39 is 72.7 Å². The summed E-state index contributed by atoms with van der Waals surface area (Å²) in [5.74, 6) is -5.60. The second-order valence-corrected chi connectivity index (χ2v) is 12.3. The number of amides is 5. The molecule has 15 heteroatoms. The molecule has 0 saturated carbocycles. The minimum absolute atomic E-state index is 0.00704. The van der Waals surface area contributed by atoms with Crippen molar-refractivity contribution in [2.45, 2.75) is 58.2 Å². The van der Waals surface area contributed by atoms with Gasteiger partial charge in [0, 0.05) is 19.8 Å². The van der Waals surface area contributed by atoms with E-state index in [4.69, 9.17) is 4.74 Å². The number of aromatic hydroxyl groups is 1. The van der Waals surface area contributed by atoms with Crippen LogP contribution in [0, 0.1) is 5.92 Å². The largest absolute Gasteiger partial charge is 0.508 e. The molecule has 5 amide bonds. The molecule has 3 aromatic carbocycles. The predicted octanol–water partition coefficient (Wildman–Crippen LogP) is 1.23. The van der Waals surface area contributed by atoms with Gasteiger partial charge in [0.15, 0.2) is 0 Å². The number of phenols is 1. The average molecular weight is 718 g/mol. The zero-order chi connectivity index (χ0) is 38.2. The Bertz CT molecular complexity index is 1730. The second kappa shape index (κ2) is 19.8. The van der Waals surface area contributed by atoms with Crippen LogP contribution in [0.5, 0.6) is 11.5 Å². The van der Waals surface area contributed by atoms with E-state index in [1.807, 2.05) is 13.8 Å². The first-order valence-electron chi connectivity index (χ1n) is 16.5. The maximum atomic E-state index is 13.3. The molecule has 3 atom stereocenters. The lowest BCUT2D eigenvalue weighted by Crippen LogP contribution is -2.54. The van der Waals surface area contributed by atoms with Gasteiger partial charge in [0.25, 0.3) is 5.91 Å². The Morgan fingerprint density at radius 3 is 1.85 bits per heavy atom. The summed E-state index contributed by atoms with van der Waals surface area (Å²) in [6.45, 7) is 3.66. The van der Waals surface area contributed by atoms with Crippen LogP contribution >= 0.6 is 0 Å². The Kier molecular flexibility index (Phi) is 15.3. The number of esters is 1. The fraction of sp³-hybridized carbons (Fsp3) is 0.324. The molecular formula is C37H43N5O10. The van der Waals surface area contributed by atoms with E-state index in [2.05, 4.69) is 26.6 Å². The number of rotatable bonds is 18. The van der Waals surface area contributed by atoms with Crippen LogP contribution in [0.4, 0.5) is 0 Å². The number of para-hydroxylation sites is 1. The Morgan fingerprint density at radius 2 is 1.23 bits per heavy atom. The van der Waals surface area contributed by atoms with E-state index in [1.165, 1.54) is 31.2 Å². The van der Waals surface area contributed by atoms with Gasteiger partial charge in [-0.25, -0.2) is 4.79 Å². The highest BCUT2D eigenvalue weighted by atomic mass is 16.5. The third-order valence-electron chi connectivity index (χ3n) is 7.51. The van der Waals surface area contributed by atoms with Crippen molar-refractivity contribution in [3.05, 3.63) is 95.6 Å². The van der Waals surface area contributed by atoms with Gasteiger partial charge in [-0.2, -0.15) is 0 Å². The highest BCUT2D eigenvalue weighted by Gasteiger charge is 2.28. The maximum Gasteiger partial charge on any atom is 0.326 e. The van der Waals surface area contributed by atoms with Gasteiger partial charge in [0.2, 0.25) is 23.6 Å². The molecule has 0 aliphatic carbocycles. The van der Waals surface area contributed by atoms with E-state index in [0.717, 1.165) is 0 Å². The first kappa shape index (κ1) is 40.2. The van der Waals surface area contributed by atoms with E-state index in [0.29, 0.717) is 11.1 Å². The summed E-state index contributed by atoms with van der Waals surface area (Å²) in [5, 5.41) is 31.6. The highest BCUT2D eigenvalue weighted by Crippen LogP contribution is 2.19. The van der Waals surface area contributed by atoms with E-state index in [-0.39, 0.29) is 42.2 Å². The highest BCUT2D eigenvalue weighted by molar-refractivity contribution is 6.00. The Balaban J connectivity index is 1.64. The van der Waals surface area contributed by atoms with Crippen LogP contribution in [0.25, 0.3) is 0 Å². The predicted molar refractivity (Wildman–Crippen MR) is 188 cm³/mol. The van der Waals surface area contributed by atoms with Crippen LogP contribution in [0.1, 0.15) is 48.7 Å². The quantitative estimate of drug-likeness (QED) is 0.0735. The van der Waals surface area contributed by atoms with Crippen molar-refractivity contribution in [2.24, 2.45) is 5.92 Å². The molecule has 0 saturated heterocycles. The van der Waals surface area contributed by atoms with Gasteiger partial charge in [-0.1, -0.05) is 68.4 Å². The molecule has 15 nitrogen and oxygen atoms in total. The number of carboxylic acids is 1. The molecule has 3 aromatic rings. The summed E-state index contributed by atoms with van der Waals surface area (Å²) in [6, 6.07) is 17.1. The van der Waals surface area contributed by atoms with E-state index in [9.17, 15) is 43.8 Å². The molecule has 3 rings (SSSR count). The molecule has 0 aliphatic rings.